The zero-order valence-corrected chi connectivity index (χ0v) is 11.2. The Kier molecular flexibility index (Phi) is 3.78. The van der Waals surface area contributed by atoms with Gasteiger partial charge < -0.3 is 10.3 Å². The first kappa shape index (κ1) is 13.1. The minimum Gasteiger partial charge on any atom is -0.329 e. The number of halogens is 1. The summed E-state index contributed by atoms with van der Waals surface area (Å²) in [6.07, 6.45) is 1.39. The number of hydrogen-bond donors (Lipinski definition) is 2. The summed E-state index contributed by atoms with van der Waals surface area (Å²) in [5.74, 6) is -0.444. The van der Waals surface area contributed by atoms with Crippen molar-refractivity contribution in [3.63, 3.8) is 0 Å². The average molecular weight is 318 g/mol. The van der Waals surface area contributed by atoms with Crippen LogP contribution in [0.3, 0.4) is 0 Å². The summed E-state index contributed by atoms with van der Waals surface area (Å²) in [5.41, 5.74) is 0.610. The first-order chi connectivity index (χ1) is 9.10. The molecule has 0 atom stereocenters. The van der Waals surface area contributed by atoms with Crippen molar-refractivity contribution in [1.29, 1.82) is 5.26 Å². The van der Waals surface area contributed by atoms with Gasteiger partial charge in [0.25, 0.3) is 5.91 Å². The van der Waals surface area contributed by atoms with Gasteiger partial charge in [-0.25, -0.2) is 0 Å². The molecule has 19 heavy (non-hydrogen) atoms. The zero-order valence-electron chi connectivity index (χ0n) is 9.61. The van der Waals surface area contributed by atoms with Crippen molar-refractivity contribution in [2.24, 2.45) is 0 Å². The first-order valence-corrected chi connectivity index (χ1v) is 6.09. The molecule has 0 bridgehead atoms. The molecule has 0 radical (unpaired) electrons. The molecule has 0 fully saturated rings. The number of nitriles is 1. The van der Waals surface area contributed by atoms with Crippen LogP contribution in [0, 0.1) is 11.3 Å². The average Bonchev–Trinajstić information content (AvgIpc) is 2.39. The van der Waals surface area contributed by atoms with Crippen LogP contribution in [0.5, 0.6) is 0 Å². The normalized spacial score (nSPS) is 9.68. The van der Waals surface area contributed by atoms with Gasteiger partial charge in [0.2, 0.25) is 5.56 Å². The number of nitrogens with zero attached hydrogens (tertiary/aromatic N) is 1. The molecule has 0 saturated heterocycles. The number of rotatable bonds is 2. The monoisotopic (exact) mass is 317 g/mol. The van der Waals surface area contributed by atoms with E-state index in [1.54, 1.807) is 18.2 Å². The molecule has 2 N–H and O–H groups in total. The molecule has 0 aliphatic carbocycles. The van der Waals surface area contributed by atoms with E-state index >= 15 is 0 Å². The number of aromatic amines is 1. The van der Waals surface area contributed by atoms with Crippen LogP contribution in [-0.2, 0) is 0 Å². The molecule has 0 aliphatic heterocycles. The molecular formula is C13H8BrN3O2. The second-order valence-corrected chi connectivity index (χ2v) is 4.61. The van der Waals surface area contributed by atoms with E-state index in [0.29, 0.717) is 11.3 Å². The number of aromatic nitrogens is 1. The maximum Gasteiger partial charge on any atom is 0.255 e. The zero-order chi connectivity index (χ0) is 13.8. The Labute approximate surface area is 117 Å². The molecule has 94 valence electrons. The van der Waals surface area contributed by atoms with Gasteiger partial charge in [0.15, 0.2) is 0 Å². The Morgan fingerprint density at radius 1 is 1.32 bits per heavy atom. The van der Waals surface area contributed by atoms with Crippen LogP contribution in [0.15, 0.2) is 45.8 Å². The van der Waals surface area contributed by atoms with Crippen molar-refractivity contribution in [3.8, 4) is 6.07 Å². The lowest BCUT2D eigenvalue weighted by Crippen LogP contribution is -2.16. The second kappa shape index (κ2) is 5.50. The topological polar surface area (TPSA) is 85.8 Å². The van der Waals surface area contributed by atoms with Crippen LogP contribution >= 0.6 is 15.9 Å². The fraction of sp³-hybridized carbons (Fsp3) is 0. The second-order valence-electron chi connectivity index (χ2n) is 3.70. The highest BCUT2D eigenvalue weighted by Crippen LogP contribution is 2.21. The highest BCUT2D eigenvalue weighted by atomic mass is 79.9. The van der Waals surface area contributed by atoms with Gasteiger partial charge in [0.1, 0.15) is 6.07 Å². The number of nitrogens with one attached hydrogen (secondary N) is 2. The van der Waals surface area contributed by atoms with Crippen molar-refractivity contribution in [1.82, 2.24) is 4.98 Å². The van der Waals surface area contributed by atoms with Gasteiger partial charge in [-0.3, -0.25) is 9.59 Å². The molecule has 1 amide bonds. The van der Waals surface area contributed by atoms with Gasteiger partial charge in [-0.05, 0) is 24.3 Å². The van der Waals surface area contributed by atoms with E-state index in [-0.39, 0.29) is 11.1 Å². The lowest BCUT2D eigenvalue weighted by atomic mass is 10.2. The minimum atomic E-state index is -0.444. The Morgan fingerprint density at radius 3 is 2.79 bits per heavy atom. The fourth-order valence-electron chi connectivity index (χ4n) is 1.50. The molecule has 5 nitrogen and oxygen atoms in total. The summed E-state index contributed by atoms with van der Waals surface area (Å²) in [7, 11) is 0. The highest BCUT2D eigenvalue weighted by molar-refractivity contribution is 9.10. The van der Waals surface area contributed by atoms with Crippen molar-refractivity contribution < 1.29 is 4.79 Å². The molecule has 1 aromatic heterocycles. The summed E-state index contributed by atoms with van der Waals surface area (Å²) < 4.78 is 0.743. The maximum absolute atomic E-state index is 12.0. The standard InChI is InChI=1S/C13H8BrN3O2/c14-10-2-1-9(7-15)11(6-10)17-13(19)8-3-4-16-12(18)5-8/h1-6H,(H,16,18)(H,17,19). The molecule has 0 aliphatic rings. The van der Waals surface area contributed by atoms with E-state index in [0.717, 1.165) is 4.47 Å². The smallest absolute Gasteiger partial charge is 0.255 e. The summed E-state index contributed by atoms with van der Waals surface area (Å²) in [5, 5.41) is 11.6. The number of pyridine rings is 1. The largest absolute Gasteiger partial charge is 0.329 e. The van der Waals surface area contributed by atoms with Gasteiger partial charge in [-0.2, -0.15) is 5.26 Å². The lowest BCUT2D eigenvalue weighted by molar-refractivity contribution is 0.102. The Hall–Kier alpha value is -2.39. The van der Waals surface area contributed by atoms with Gasteiger partial charge >= 0.3 is 0 Å². The fourth-order valence-corrected chi connectivity index (χ4v) is 1.86. The lowest BCUT2D eigenvalue weighted by Gasteiger charge is -2.07. The minimum absolute atomic E-state index is 0.229. The van der Waals surface area contributed by atoms with E-state index < -0.39 is 5.91 Å². The predicted octanol–water partition coefficient (Wildman–Crippen LogP) is 2.26. The van der Waals surface area contributed by atoms with E-state index in [4.69, 9.17) is 5.26 Å². The molecule has 6 heteroatoms. The number of carbonyl (C=O) groups is 1. The van der Waals surface area contributed by atoms with Crippen molar-refractivity contribution in [3.05, 3.63) is 62.5 Å². The number of amides is 1. The first-order valence-electron chi connectivity index (χ1n) is 5.30. The summed E-state index contributed by atoms with van der Waals surface area (Å²) >= 11 is 3.27. The molecular weight excluding hydrogens is 310 g/mol. The number of anilines is 1. The van der Waals surface area contributed by atoms with Crippen molar-refractivity contribution in [2.75, 3.05) is 5.32 Å². The van der Waals surface area contributed by atoms with Crippen LogP contribution in [-0.4, -0.2) is 10.9 Å². The molecule has 0 unspecified atom stereocenters. The molecule has 0 saturated carbocycles. The molecule has 1 aromatic carbocycles. The van der Waals surface area contributed by atoms with Crippen LogP contribution in [0.2, 0.25) is 0 Å². The Morgan fingerprint density at radius 2 is 2.11 bits per heavy atom. The van der Waals surface area contributed by atoms with Gasteiger partial charge in [0.05, 0.1) is 11.3 Å². The number of carbonyl (C=O) groups excluding carboxylic acids is 1. The van der Waals surface area contributed by atoms with E-state index in [2.05, 4.69) is 26.2 Å². The molecule has 1 heterocycles. The van der Waals surface area contributed by atoms with Gasteiger partial charge in [-0.1, -0.05) is 15.9 Å². The van der Waals surface area contributed by atoms with Crippen LogP contribution in [0.4, 0.5) is 5.69 Å². The highest BCUT2D eigenvalue weighted by Gasteiger charge is 2.10. The van der Waals surface area contributed by atoms with Gasteiger partial charge in [0, 0.05) is 22.3 Å². The quantitative estimate of drug-likeness (QED) is 0.890. The summed E-state index contributed by atoms with van der Waals surface area (Å²) in [6, 6.07) is 9.60. The number of H-pyrrole nitrogens is 1. The predicted molar refractivity (Wildman–Crippen MR) is 73.9 cm³/mol. The summed E-state index contributed by atoms with van der Waals surface area (Å²) in [6.45, 7) is 0. The maximum atomic E-state index is 12.0. The van der Waals surface area contributed by atoms with Crippen LogP contribution in [0.1, 0.15) is 15.9 Å². The SMILES string of the molecule is N#Cc1ccc(Br)cc1NC(=O)c1cc[nH]c(=O)c1. The van der Waals surface area contributed by atoms with E-state index in [9.17, 15) is 9.59 Å². The van der Waals surface area contributed by atoms with Crippen molar-refractivity contribution in [2.45, 2.75) is 0 Å². The van der Waals surface area contributed by atoms with E-state index in [1.165, 1.54) is 18.3 Å². The van der Waals surface area contributed by atoms with E-state index in [1.807, 2.05) is 6.07 Å². The molecule has 2 rings (SSSR count). The summed E-state index contributed by atoms with van der Waals surface area (Å²) in [4.78, 5) is 25.5. The number of benzene rings is 1. The Bertz CT molecular complexity index is 731. The van der Waals surface area contributed by atoms with Crippen LogP contribution < -0.4 is 10.9 Å². The third kappa shape index (κ3) is 3.09. The van der Waals surface area contributed by atoms with Crippen LogP contribution in [0.25, 0.3) is 0 Å². The van der Waals surface area contributed by atoms with Crippen molar-refractivity contribution >= 4 is 27.5 Å². The number of hydrogen-bond acceptors (Lipinski definition) is 3. The third-order valence-corrected chi connectivity index (χ3v) is 2.88. The molecule has 0 spiro atoms. The Balaban J connectivity index is 2.32. The third-order valence-electron chi connectivity index (χ3n) is 2.39. The van der Waals surface area contributed by atoms with Gasteiger partial charge in [-0.15, -0.1) is 0 Å². The molecule has 2 aromatic rings.